The van der Waals surface area contributed by atoms with Gasteiger partial charge < -0.3 is 0 Å². The van der Waals surface area contributed by atoms with Crippen molar-refractivity contribution in [3.63, 3.8) is 0 Å². The highest BCUT2D eigenvalue weighted by Gasteiger charge is 2.57. The van der Waals surface area contributed by atoms with Crippen LogP contribution in [-0.4, -0.2) is 19.4 Å². The summed E-state index contributed by atoms with van der Waals surface area (Å²) in [5, 5.41) is 0.0891. The fourth-order valence-corrected chi connectivity index (χ4v) is 6.11. The molecule has 0 aromatic rings. The first-order valence-electron chi connectivity index (χ1n) is 4.38. The Kier molecular flexibility index (Phi) is 0.972. The summed E-state index contributed by atoms with van der Waals surface area (Å²) >= 11 is 0. The smallest absolute Gasteiger partial charge is 0.153 e. The number of sulfone groups is 1. The lowest BCUT2D eigenvalue weighted by atomic mass is 9.91. The van der Waals surface area contributed by atoms with Gasteiger partial charge in [0.1, 0.15) is 0 Å². The number of rotatable bonds is 0. The monoisotopic (exact) mass is 172 g/mol. The molecule has 0 aromatic heterocycles. The molecule has 4 atom stereocenters. The molecular formula is C8H12O2S. The van der Waals surface area contributed by atoms with Crippen molar-refractivity contribution < 1.29 is 8.42 Å². The SMILES string of the molecule is O=S1(=O)CC2CC3CC2C1C3. The van der Waals surface area contributed by atoms with Crippen molar-refractivity contribution in [1.29, 1.82) is 0 Å². The molecule has 0 N–H and O–H groups in total. The molecule has 1 heterocycles. The summed E-state index contributed by atoms with van der Waals surface area (Å²) in [5.74, 6) is 2.42. The Morgan fingerprint density at radius 1 is 1.09 bits per heavy atom. The minimum absolute atomic E-state index is 0.0891. The van der Waals surface area contributed by atoms with Crippen LogP contribution in [0.15, 0.2) is 0 Å². The van der Waals surface area contributed by atoms with Crippen LogP contribution in [0.2, 0.25) is 0 Å². The predicted molar refractivity (Wildman–Crippen MR) is 41.9 cm³/mol. The predicted octanol–water partition coefficient (Wildman–Crippen LogP) is 0.830. The molecule has 0 aromatic carbocycles. The molecule has 1 saturated heterocycles. The zero-order chi connectivity index (χ0) is 7.64. The van der Waals surface area contributed by atoms with Gasteiger partial charge in [0.05, 0.1) is 11.0 Å². The third-order valence-corrected chi connectivity index (χ3v) is 6.16. The average Bonchev–Trinajstić information content (AvgIpc) is 2.44. The third kappa shape index (κ3) is 0.657. The topological polar surface area (TPSA) is 34.1 Å². The van der Waals surface area contributed by atoms with Gasteiger partial charge in [-0.25, -0.2) is 8.42 Å². The normalized spacial score (nSPS) is 57.1. The van der Waals surface area contributed by atoms with Gasteiger partial charge in [-0.1, -0.05) is 0 Å². The second-order valence-electron chi connectivity index (χ2n) is 4.37. The Hall–Kier alpha value is -0.0500. The van der Waals surface area contributed by atoms with Gasteiger partial charge in [-0.15, -0.1) is 0 Å². The molecule has 1 aliphatic heterocycles. The molecule has 3 rings (SSSR count). The molecule has 3 heteroatoms. The molecule has 2 aliphatic carbocycles. The van der Waals surface area contributed by atoms with E-state index < -0.39 is 9.84 Å². The van der Waals surface area contributed by atoms with Gasteiger partial charge in [-0.05, 0) is 37.0 Å². The van der Waals surface area contributed by atoms with Crippen LogP contribution < -0.4 is 0 Å². The van der Waals surface area contributed by atoms with E-state index in [-0.39, 0.29) is 5.25 Å². The Balaban J connectivity index is 2.14. The third-order valence-electron chi connectivity index (χ3n) is 3.80. The summed E-state index contributed by atoms with van der Waals surface area (Å²) in [6.07, 6.45) is 3.42. The van der Waals surface area contributed by atoms with Gasteiger partial charge in [0.15, 0.2) is 9.84 Å². The van der Waals surface area contributed by atoms with Crippen molar-refractivity contribution in [3.05, 3.63) is 0 Å². The fourth-order valence-electron chi connectivity index (χ4n) is 3.45. The molecule has 11 heavy (non-hydrogen) atoms. The molecule has 4 unspecified atom stereocenters. The molecule has 62 valence electrons. The van der Waals surface area contributed by atoms with Crippen molar-refractivity contribution in [2.45, 2.75) is 24.5 Å². The first-order valence-corrected chi connectivity index (χ1v) is 6.10. The average molecular weight is 172 g/mol. The fraction of sp³-hybridized carbons (Fsp3) is 1.00. The van der Waals surface area contributed by atoms with Crippen LogP contribution in [0.25, 0.3) is 0 Å². The van der Waals surface area contributed by atoms with E-state index in [1.165, 1.54) is 12.8 Å². The van der Waals surface area contributed by atoms with Crippen LogP contribution in [0.1, 0.15) is 19.3 Å². The highest BCUT2D eigenvalue weighted by Crippen LogP contribution is 2.56. The summed E-state index contributed by atoms with van der Waals surface area (Å²) in [5.41, 5.74) is 0. The Labute approximate surface area is 66.9 Å². The van der Waals surface area contributed by atoms with E-state index in [0.717, 1.165) is 12.3 Å². The number of hydrogen-bond donors (Lipinski definition) is 0. The molecule has 3 fully saturated rings. The van der Waals surface area contributed by atoms with Crippen LogP contribution in [0.5, 0.6) is 0 Å². The van der Waals surface area contributed by atoms with Gasteiger partial charge in [0.25, 0.3) is 0 Å². The first-order chi connectivity index (χ1) is 5.17. The van der Waals surface area contributed by atoms with Crippen LogP contribution >= 0.6 is 0 Å². The molecule has 2 saturated carbocycles. The second-order valence-corrected chi connectivity index (χ2v) is 6.63. The molecular weight excluding hydrogens is 160 g/mol. The molecule has 0 radical (unpaired) electrons. The minimum Gasteiger partial charge on any atom is -0.229 e. The first kappa shape index (κ1) is 6.46. The zero-order valence-electron chi connectivity index (χ0n) is 6.36. The highest BCUT2D eigenvalue weighted by atomic mass is 32.2. The Morgan fingerprint density at radius 2 is 1.91 bits per heavy atom. The Bertz CT molecular complexity index is 291. The number of fused-ring (bicyclic) bond motifs is 1. The van der Waals surface area contributed by atoms with Crippen LogP contribution in [0.4, 0.5) is 0 Å². The molecule has 2 bridgehead atoms. The van der Waals surface area contributed by atoms with Crippen molar-refractivity contribution in [3.8, 4) is 0 Å². The van der Waals surface area contributed by atoms with Gasteiger partial charge in [-0.2, -0.15) is 0 Å². The summed E-state index contributed by atoms with van der Waals surface area (Å²) in [7, 11) is -2.63. The largest absolute Gasteiger partial charge is 0.229 e. The summed E-state index contributed by atoms with van der Waals surface area (Å²) < 4.78 is 23.0. The van der Waals surface area contributed by atoms with E-state index in [1.54, 1.807) is 0 Å². The molecule has 0 amide bonds. The van der Waals surface area contributed by atoms with E-state index in [0.29, 0.717) is 17.6 Å². The quantitative estimate of drug-likeness (QED) is 0.542. The van der Waals surface area contributed by atoms with Crippen molar-refractivity contribution in [2.24, 2.45) is 17.8 Å². The van der Waals surface area contributed by atoms with Crippen LogP contribution in [-0.2, 0) is 9.84 Å². The van der Waals surface area contributed by atoms with Crippen LogP contribution in [0, 0.1) is 17.8 Å². The van der Waals surface area contributed by atoms with E-state index in [9.17, 15) is 8.42 Å². The van der Waals surface area contributed by atoms with E-state index in [1.807, 2.05) is 0 Å². The lowest BCUT2D eigenvalue weighted by Crippen LogP contribution is -2.19. The maximum absolute atomic E-state index is 11.5. The highest BCUT2D eigenvalue weighted by molar-refractivity contribution is 7.92. The maximum Gasteiger partial charge on any atom is 0.153 e. The number of hydrogen-bond acceptors (Lipinski definition) is 2. The van der Waals surface area contributed by atoms with E-state index >= 15 is 0 Å². The lowest BCUT2D eigenvalue weighted by molar-refractivity contribution is 0.397. The summed E-state index contributed by atoms with van der Waals surface area (Å²) in [6.45, 7) is 0. The van der Waals surface area contributed by atoms with E-state index in [2.05, 4.69) is 0 Å². The van der Waals surface area contributed by atoms with Gasteiger partial charge in [-0.3, -0.25) is 0 Å². The van der Waals surface area contributed by atoms with Crippen molar-refractivity contribution >= 4 is 9.84 Å². The van der Waals surface area contributed by atoms with E-state index in [4.69, 9.17) is 0 Å². The minimum atomic E-state index is -2.63. The second kappa shape index (κ2) is 1.65. The maximum atomic E-state index is 11.5. The van der Waals surface area contributed by atoms with Crippen molar-refractivity contribution in [1.82, 2.24) is 0 Å². The molecule has 0 spiro atoms. The van der Waals surface area contributed by atoms with Crippen LogP contribution in [0.3, 0.4) is 0 Å². The van der Waals surface area contributed by atoms with Gasteiger partial charge in [0.2, 0.25) is 0 Å². The zero-order valence-corrected chi connectivity index (χ0v) is 7.18. The summed E-state index contributed by atoms with van der Waals surface area (Å²) in [6, 6.07) is 0. The lowest BCUT2D eigenvalue weighted by Gasteiger charge is -2.14. The van der Waals surface area contributed by atoms with Crippen molar-refractivity contribution in [2.75, 3.05) is 5.75 Å². The van der Waals surface area contributed by atoms with Gasteiger partial charge >= 0.3 is 0 Å². The standard InChI is InChI=1S/C8H12O2S/c9-11(10)4-6-1-5-2-7(6)8(11)3-5/h5-8H,1-4H2. The molecule has 2 nitrogen and oxygen atoms in total. The summed E-state index contributed by atoms with van der Waals surface area (Å²) in [4.78, 5) is 0. The van der Waals surface area contributed by atoms with Gasteiger partial charge in [0, 0.05) is 0 Å². The Morgan fingerprint density at radius 3 is 2.45 bits per heavy atom. The molecule has 3 aliphatic rings.